The molecule has 0 spiro atoms. The zero-order chi connectivity index (χ0) is 18.6. The average Bonchev–Trinajstić information content (AvgIpc) is 3.13. The van der Waals surface area contributed by atoms with Gasteiger partial charge in [-0.2, -0.15) is 9.50 Å². The van der Waals surface area contributed by atoms with Gasteiger partial charge in [-0.1, -0.05) is 25.5 Å². The fourth-order valence-electron chi connectivity index (χ4n) is 2.83. The van der Waals surface area contributed by atoms with Crippen molar-refractivity contribution < 1.29 is 4.74 Å². The van der Waals surface area contributed by atoms with Gasteiger partial charge in [0.05, 0.1) is 5.69 Å². The first-order valence-electron chi connectivity index (χ1n) is 8.84. The third kappa shape index (κ3) is 3.72. The van der Waals surface area contributed by atoms with Gasteiger partial charge in [-0.15, -0.1) is 0 Å². The van der Waals surface area contributed by atoms with Gasteiger partial charge in [0.15, 0.2) is 5.82 Å². The molecule has 0 fully saturated rings. The van der Waals surface area contributed by atoms with Gasteiger partial charge in [-0.3, -0.25) is 14.9 Å². The van der Waals surface area contributed by atoms with Gasteiger partial charge >= 0.3 is 0 Å². The van der Waals surface area contributed by atoms with E-state index < -0.39 is 0 Å². The van der Waals surface area contributed by atoms with Crippen LogP contribution < -0.4 is 10.3 Å². The van der Waals surface area contributed by atoms with E-state index in [2.05, 4.69) is 39.1 Å². The summed E-state index contributed by atoms with van der Waals surface area (Å²) in [6.45, 7) is 2.35. The molecule has 1 aromatic carbocycles. The molecule has 3 heterocycles. The predicted molar refractivity (Wildman–Crippen MR) is 102 cm³/mol. The molecule has 0 saturated heterocycles. The number of H-pyrrole nitrogens is 1. The molecule has 4 aromatic rings. The third-order valence-corrected chi connectivity index (χ3v) is 4.17. The summed E-state index contributed by atoms with van der Waals surface area (Å²) in [6.07, 6.45) is 5.52. The molecule has 0 saturated carbocycles. The molecule has 0 radical (unpaired) electrons. The van der Waals surface area contributed by atoms with Crippen LogP contribution in [0.2, 0.25) is 0 Å². The molecule has 0 amide bonds. The van der Waals surface area contributed by atoms with Crippen LogP contribution in [-0.4, -0.2) is 24.6 Å². The molecule has 0 unspecified atom stereocenters. The van der Waals surface area contributed by atoms with Gasteiger partial charge in [-0.25, -0.2) is 4.98 Å². The lowest BCUT2D eigenvalue weighted by Crippen LogP contribution is -2.16. The predicted octanol–water partition coefficient (Wildman–Crippen LogP) is 3.01. The Bertz CT molecular complexity index is 1100. The standard InChI is InChI=1S/C20H19N5O2/c1-2-4-14-6-8-17(9-7-14)27-13-16-11-18(26)25-20(22-16)23-19(24-25)15-5-3-10-21-12-15/h3,5-12H,2,4,13H2,1H3,(H,22,23,24). The van der Waals surface area contributed by atoms with E-state index in [0.717, 1.165) is 24.2 Å². The average molecular weight is 361 g/mol. The lowest BCUT2D eigenvalue weighted by molar-refractivity contribution is 0.301. The summed E-state index contributed by atoms with van der Waals surface area (Å²) in [4.78, 5) is 25.2. The number of hydrogen-bond donors (Lipinski definition) is 1. The number of aromatic nitrogens is 5. The molecule has 7 heteroatoms. The highest BCUT2D eigenvalue weighted by atomic mass is 16.5. The van der Waals surface area contributed by atoms with Crippen molar-refractivity contribution in [2.24, 2.45) is 0 Å². The molecule has 136 valence electrons. The Morgan fingerprint density at radius 3 is 2.74 bits per heavy atom. The number of hydrogen-bond acceptors (Lipinski definition) is 5. The summed E-state index contributed by atoms with van der Waals surface area (Å²) in [6, 6.07) is 13.1. The van der Waals surface area contributed by atoms with Crippen molar-refractivity contribution in [2.75, 3.05) is 0 Å². The zero-order valence-corrected chi connectivity index (χ0v) is 14.9. The molecule has 1 N–H and O–H groups in total. The monoisotopic (exact) mass is 361 g/mol. The number of benzene rings is 1. The van der Waals surface area contributed by atoms with Crippen molar-refractivity contribution in [3.63, 3.8) is 0 Å². The number of ether oxygens (including phenoxy) is 1. The third-order valence-electron chi connectivity index (χ3n) is 4.17. The Labute approximate surface area is 155 Å². The quantitative estimate of drug-likeness (QED) is 0.571. The van der Waals surface area contributed by atoms with Crippen molar-refractivity contribution in [1.29, 1.82) is 0 Å². The first-order chi connectivity index (χ1) is 13.2. The molecule has 0 aliphatic carbocycles. The van der Waals surface area contributed by atoms with Crippen LogP contribution in [0.1, 0.15) is 24.6 Å². The highest BCUT2D eigenvalue weighted by Crippen LogP contribution is 2.16. The lowest BCUT2D eigenvalue weighted by atomic mass is 10.1. The second kappa shape index (κ2) is 7.41. The van der Waals surface area contributed by atoms with E-state index in [1.165, 1.54) is 16.1 Å². The highest BCUT2D eigenvalue weighted by molar-refractivity contribution is 5.55. The Kier molecular flexibility index (Phi) is 4.65. The van der Waals surface area contributed by atoms with Crippen LogP contribution >= 0.6 is 0 Å². The Morgan fingerprint density at radius 2 is 2.00 bits per heavy atom. The summed E-state index contributed by atoms with van der Waals surface area (Å²) in [5, 5.41) is 2.95. The van der Waals surface area contributed by atoms with E-state index in [9.17, 15) is 4.79 Å². The number of fused-ring (bicyclic) bond motifs is 1. The second-order valence-electron chi connectivity index (χ2n) is 6.22. The maximum atomic E-state index is 12.4. The van der Waals surface area contributed by atoms with E-state index in [0.29, 0.717) is 17.3 Å². The maximum Gasteiger partial charge on any atom is 0.274 e. The Morgan fingerprint density at radius 1 is 1.15 bits per heavy atom. The van der Waals surface area contributed by atoms with Gasteiger partial charge in [0.2, 0.25) is 0 Å². The molecule has 0 aliphatic heterocycles. The number of rotatable bonds is 6. The topological polar surface area (TPSA) is 85.2 Å². The molecule has 0 atom stereocenters. The number of pyridine rings is 1. The van der Waals surface area contributed by atoms with E-state index in [1.54, 1.807) is 12.4 Å². The number of nitrogens with one attached hydrogen (secondary N) is 1. The van der Waals surface area contributed by atoms with Crippen molar-refractivity contribution in [1.82, 2.24) is 24.6 Å². The Balaban J connectivity index is 1.55. The summed E-state index contributed by atoms with van der Waals surface area (Å²) in [5.41, 5.74) is 2.36. The maximum absolute atomic E-state index is 12.4. The molecule has 3 aromatic heterocycles. The van der Waals surface area contributed by atoms with E-state index in [4.69, 9.17) is 4.74 Å². The van der Waals surface area contributed by atoms with Gasteiger partial charge in [0.1, 0.15) is 12.4 Å². The minimum atomic E-state index is -0.237. The summed E-state index contributed by atoms with van der Waals surface area (Å²) in [5.74, 6) is 1.59. The molecule has 0 bridgehead atoms. The van der Waals surface area contributed by atoms with E-state index >= 15 is 0 Å². The minimum absolute atomic E-state index is 0.202. The fraction of sp³-hybridized carbons (Fsp3) is 0.200. The first kappa shape index (κ1) is 17.0. The van der Waals surface area contributed by atoms with Crippen LogP contribution in [-0.2, 0) is 13.0 Å². The minimum Gasteiger partial charge on any atom is -0.487 e. The summed E-state index contributed by atoms with van der Waals surface area (Å²) < 4.78 is 7.07. The van der Waals surface area contributed by atoms with Crippen LogP contribution in [0, 0.1) is 0 Å². The highest BCUT2D eigenvalue weighted by Gasteiger charge is 2.10. The summed E-state index contributed by atoms with van der Waals surface area (Å²) in [7, 11) is 0. The molecule has 27 heavy (non-hydrogen) atoms. The van der Waals surface area contributed by atoms with Crippen molar-refractivity contribution in [3.05, 3.63) is 76.5 Å². The van der Waals surface area contributed by atoms with E-state index in [1.807, 2.05) is 24.3 Å². The van der Waals surface area contributed by atoms with Crippen LogP contribution in [0.5, 0.6) is 5.75 Å². The zero-order valence-electron chi connectivity index (χ0n) is 14.9. The van der Waals surface area contributed by atoms with Gasteiger partial charge in [-0.05, 0) is 36.2 Å². The fourth-order valence-corrected chi connectivity index (χ4v) is 2.83. The van der Waals surface area contributed by atoms with E-state index in [-0.39, 0.29) is 12.2 Å². The van der Waals surface area contributed by atoms with Crippen molar-refractivity contribution >= 4 is 5.78 Å². The normalized spacial score (nSPS) is 11.0. The SMILES string of the molecule is CCCc1ccc(OCc2cc(=O)n3[nH]c(-c4cccnc4)nc3n2)cc1. The van der Waals surface area contributed by atoms with Crippen molar-refractivity contribution in [2.45, 2.75) is 26.4 Å². The number of nitrogens with zero attached hydrogens (tertiary/aromatic N) is 4. The van der Waals surface area contributed by atoms with Gasteiger partial charge in [0.25, 0.3) is 11.3 Å². The van der Waals surface area contributed by atoms with Gasteiger partial charge in [0, 0.05) is 24.0 Å². The number of aryl methyl sites for hydroxylation is 1. The van der Waals surface area contributed by atoms with Crippen LogP contribution in [0.25, 0.3) is 17.2 Å². The van der Waals surface area contributed by atoms with Crippen molar-refractivity contribution in [3.8, 4) is 17.1 Å². The molecule has 4 rings (SSSR count). The second-order valence-corrected chi connectivity index (χ2v) is 6.22. The molecular formula is C20H19N5O2. The Hall–Kier alpha value is -3.48. The lowest BCUT2D eigenvalue weighted by Gasteiger charge is -2.06. The molecule has 0 aliphatic rings. The van der Waals surface area contributed by atoms with Crippen LogP contribution in [0.15, 0.2) is 59.7 Å². The van der Waals surface area contributed by atoms with Gasteiger partial charge < -0.3 is 4.74 Å². The molecular weight excluding hydrogens is 342 g/mol. The van der Waals surface area contributed by atoms with Crippen LogP contribution in [0.4, 0.5) is 0 Å². The smallest absolute Gasteiger partial charge is 0.274 e. The largest absolute Gasteiger partial charge is 0.487 e. The summed E-state index contributed by atoms with van der Waals surface area (Å²) >= 11 is 0. The number of aromatic amines is 1. The first-order valence-corrected chi connectivity index (χ1v) is 8.84. The van der Waals surface area contributed by atoms with Crippen LogP contribution in [0.3, 0.4) is 0 Å². The molecule has 7 nitrogen and oxygen atoms in total.